The minimum atomic E-state index is -0.204. The van der Waals surface area contributed by atoms with Gasteiger partial charge in [-0.25, -0.2) is 4.98 Å². The van der Waals surface area contributed by atoms with Gasteiger partial charge in [-0.3, -0.25) is 19.5 Å². The van der Waals surface area contributed by atoms with Gasteiger partial charge in [0.1, 0.15) is 5.69 Å². The molecule has 1 atom stereocenters. The molecule has 1 fully saturated rings. The van der Waals surface area contributed by atoms with Crippen molar-refractivity contribution in [2.75, 3.05) is 26.2 Å². The Kier molecular flexibility index (Phi) is 5.88. The molecule has 1 aromatic rings. The highest BCUT2D eigenvalue weighted by Gasteiger charge is 2.30. The molecular formula is C17H27N5O2. The number of piperazine rings is 1. The molecule has 1 saturated heterocycles. The maximum absolute atomic E-state index is 12.4. The molecule has 0 spiro atoms. The second-order valence-corrected chi connectivity index (χ2v) is 6.82. The van der Waals surface area contributed by atoms with Gasteiger partial charge in [0.25, 0.3) is 5.91 Å². The smallest absolute Gasteiger partial charge is 0.274 e. The third-order valence-corrected chi connectivity index (χ3v) is 4.66. The summed E-state index contributed by atoms with van der Waals surface area (Å²) in [5.74, 6) is -0.0671. The molecule has 7 heteroatoms. The van der Waals surface area contributed by atoms with E-state index in [0.717, 1.165) is 6.42 Å². The largest absolute Gasteiger partial charge is 0.350 e. The Balaban J connectivity index is 1.88. The number of carbonyl (C=O) groups excluding carboxylic acids is 2. The molecule has 1 aliphatic rings. The summed E-state index contributed by atoms with van der Waals surface area (Å²) >= 11 is 0. The summed E-state index contributed by atoms with van der Waals surface area (Å²) in [6.07, 6.45) is 5.43. The summed E-state index contributed by atoms with van der Waals surface area (Å²) in [6.45, 7) is 10.5. The highest BCUT2D eigenvalue weighted by molar-refractivity contribution is 5.92. The van der Waals surface area contributed by atoms with Gasteiger partial charge in [0.2, 0.25) is 5.91 Å². The monoisotopic (exact) mass is 333 g/mol. The third kappa shape index (κ3) is 4.50. The van der Waals surface area contributed by atoms with E-state index in [-0.39, 0.29) is 23.4 Å². The SMILES string of the molecule is CCC(C)(C)NC(=O)C(C)N1CCN(C(=O)c2cnccn2)CC1. The number of hydrogen-bond acceptors (Lipinski definition) is 5. The van der Waals surface area contributed by atoms with E-state index in [2.05, 4.69) is 27.1 Å². The van der Waals surface area contributed by atoms with Crippen molar-refractivity contribution in [1.29, 1.82) is 0 Å². The van der Waals surface area contributed by atoms with Crippen molar-refractivity contribution in [2.24, 2.45) is 0 Å². The second-order valence-electron chi connectivity index (χ2n) is 6.82. The second kappa shape index (κ2) is 7.70. The van der Waals surface area contributed by atoms with Crippen LogP contribution >= 0.6 is 0 Å². The van der Waals surface area contributed by atoms with E-state index in [1.165, 1.54) is 12.4 Å². The Morgan fingerprint density at radius 1 is 1.25 bits per heavy atom. The van der Waals surface area contributed by atoms with Crippen LogP contribution in [0.2, 0.25) is 0 Å². The molecule has 132 valence electrons. The molecule has 0 saturated carbocycles. The standard InChI is InChI=1S/C17H27N5O2/c1-5-17(3,4)20-15(23)13(2)21-8-10-22(11-9-21)16(24)14-12-18-6-7-19-14/h6-7,12-13H,5,8-11H2,1-4H3,(H,20,23). The molecule has 0 aliphatic carbocycles. The van der Waals surface area contributed by atoms with Crippen molar-refractivity contribution in [3.8, 4) is 0 Å². The van der Waals surface area contributed by atoms with E-state index in [4.69, 9.17) is 0 Å². The van der Waals surface area contributed by atoms with Gasteiger partial charge < -0.3 is 10.2 Å². The van der Waals surface area contributed by atoms with E-state index in [1.54, 1.807) is 11.1 Å². The number of nitrogens with zero attached hydrogens (tertiary/aromatic N) is 4. The quantitative estimate of drug-likeness (QED) is 0.867. The Morgan fingerprint density at radius 2 is 1.92 bits per heavy atom. The number of rotatable bonds is 5. The summed E-state index contributed by atoms with van der Waals surface area (Å²) in [6, 6.07) is -0.204. The first-order chi connectivity index (χ1) is 11.3. The van der Waals surface area contributed by atoms with Crippen LogP contribution in [0.3, 0.4) is 0 Å². The van der Waals surface area contributed by atoms with Gasteiger partial charge in [-0.2, -0.15) is 0 Å². The molecule has 1 unspecified atom stereocenters. The van der Waals surface area contributed by atoms with Crippen molar-refractivity contribution in [2.45, 2.75) is 45.7 Å². The summed E-state index contributed by atoms with van der Waals surface area (Å²) in [5, 5.41) is 3.08. The summed E-state index contributed by atoms with van der Waals surface area (Å²) < 4.78 is 0. The Labute approximate surface area is 143 Å². The molecule has 0 aromatic carbocycles. The van der Waals surface area contributed by atoms with Crippen LogP contribution in [-0.4, -0.2) is 69.3 Å². The number of carbonyl (C=O) groups is 2. The lowest BCUT2D eigenvalue weighted by atomic mass is 10.0. The van der Waals surface area contributed by atoms with Crippen LogP contribution in [0.4, 0.5) is 0 Å². The Hall–Kier alpha value is -2.02. The van der Waals surface area contributed by atoms with Gasteiger partial charge in [0.15, 0.2) is 0 Å². The molecule has 24 heavy (non-hydrogen) atoms. The first kappa shape index (κ1) is 18.3. The normalized spacial score (nSPS) is 17.4. The zero-order valence-electron chi connectivity index (χ0n) is 15.0. The van der Waals surface area contributed by atoms with Gasteiger partial charge in [-0.15, -0.1) is 0 Å². The molecule has 1 N–H and O–H groups in total. The summed E-state index contributed by atoms with van der Waals surface area (Å²) in [4.78, 5) is 36.6. The average Bonchev–Trinajstić information content (AvgIpc) is 2.61. The number of aromatic nitrogens is 2. The molecule has 2 rings (SSSR count). The zero-order valence-corrected chi connectivity index (χ0v) is 15.0. The van der Waals surface area contributed by atoms with Crippen molar-refractivity contribution in [3.63, 3.8) is 0 Å². The first-order valence-electron chi connectivity index (χ1n) is 8.45. The molecule has 7 nitrogen and oxygen atoms in total. The van der Waals surface area contributed by atoms with Gasteiger partial charge >= 0.3 is 0 Å². The molecule has 2 amide bonds. The van der Waals surface area contributed by atoms with Gasteiger partial charge in [0, 0.05) is 44.1 Å². The predicted octanol–water partition coefficient (Wildman–Crippen LogP) is 0.928. The predicted molar refractivity (Wildman–Crippen MR) is 91.5 cm³/mol. The van der Waals surface area contributed by atoms with E-state index in [1.807, 2.05) is 20.8 Å². The van der Waals surface area contributed by atoms with Gasteiger partial charge in [-0.1, -0.05) is 6.92 Å². The topological polar surface area (TPSA) is 78.4 Å². The highest BCUT2D eigenvalue weighted by Crippen LogP contribution is 2.12. The van der Waals surface area contributed by atoms with E-state index in [9.17, 15) is 9.59 Å². The lowest BCUT2D eigenvalue weighted by molar-refractivity contribution is -0.128. The van der Waals surface area contributed by atoms with Crippen LogP contribution in [-0.2, 0) is 4.79 Å². The zero-order chi connectivity index (χ0) is 17.7. The Morgan fingerprint density at radius 3 is 2.46 bits per heavy atom. The number of amides is 2. The highest BCUT2D eigenvalue weighted by atomic mass is 16.2. The average molecular weight is 333 g/mol. The van der Waals surface area contributed by atoms with E-state index in [0.29, 0.717) is 31.9 Å². The molecular weight excluding hydrogens is 306 g/mol. The fourth-order valence-corrected chi connectivity index (χ4v) is 2.58. The minimum Gasteiger partial charge on any atom is -0.350 e. The van der Waals surface area contributed by atoms with Crippen LogP contribution in [0.15, 0.2) is 18.6 Å². The maximum atomic E-state index is 12.4. The molecule has 0 radical (unpaired) electrons. The van der Waals surface area contributed by atoms with Crippen LogP contribution in [0, 0.1) is 0 Å². The summed E-state index contributed by atoms with van der Waals surface area (Å²) in [5.41, 5.74) is 0.163. The summed E-state index contributed by atoms with van der Waals surface area (Å²) in [7, 11) is 0. The molecule has 1 aromatic heterocycles. The van der Waals surface area contributed by atoms with Gasteiger partial charge in [-0.05, 0) is 27.2 Å². The lowest BCUT2D eigenvalue weighted by Gasteiger charge is -2.38. The van der Waals surface area contributed by atoms with Crippen LogP contribution in [0.1, 0.15) is 44.6 Å². The van der Waals surface area contributed by atoms with E-state index >= 15 is 0 Å². The number of nitrogens with one attached hydrogen (secondary N) is 1. The first-order valence-corrected chi connectivity index (χ1v) is 8.45. The minimum absolute atomic E-state index is 0.0375. The fraction of sp³-hybridized carbons (Fsp3) is 0.647. The van der Waals surface area contributed by atoms with Crippen molar-refractivity contribution in [1.82, 2.24) is 25.1 Å². The van der Waals surface area contributed by atoms with Crippen molar-refractivity contribution < 1.29 is 9.59 Å². The fourth-order valence-electron chi connectivity index (χ4n) is 2.58. The number of hydrogen-bond donors (Lipinski definition) is 1. The van der Waals surface area contributed by atoms with Crippen molar-refractivity contribution in [3.05, 3.63) is 24.3 Å². The van der Waals surface area contributed by atoms with Crippen LogP contribution in [0.5, 0.6) is 0 Å². The van der Waals surface area contributed by atoms with Crippen molar-refractivity contribution >= 4 is 11.8 Å². The molecule has 0 bridgehead atoms. The Bertz CT molecular complexity index is 568. The third-order valence-electron chi connectivity index (χ3n) is 4.66. The van der Waals surface area contributed by atoms with Crippen LogP contribution in [0.25, 0.3) is 0 Å². The van der Waals surface area contributed by atoms with E-state index < -0.39 is 0 Å². The lowest BCUT2D eigenvalue weighted by Crippen LogP contribution is -2.57. The molecule has 1 aliphatic heterocycles. The maximum Gasteiger partial charge on any atom is 0.274 e. The van der Waals surface area contributed by atoms with Crippen LogP contribution < -0.4 is 5.32 Å². The molecule has 2 heterocycles. The van der Waals surface area contributed by atoms with Gasteiger partial charge in [0.05, 0.1) is 12.2 Å².